The van der Waals surface area contributed by atoms with E-state index >= 15 is 0 Å². The van der Waals surface area contributed by atoms with Gasteiger partial charge in [0.25, 0.3) is 0 Å². The predicted molar refractivity (Wildman–Crippen MR) is 59.2 cm³/mol. The zero-order chi connectivity index (χ0) is 11.5. The van der Waals surface area contributed by atoms with E-state index in [4.69, 9.17) is 0 Å². The van der Waals surface area contributed by atoms with Gasteiger partial charge in [-0.05, 0) is 6.92 Å². The van der Waals surface area contributed by atoms with E-state index in [1.54, 1.807) is 17.8 Å². The number of ether oxygens (including phenoxy) is 1. The highest BCUT2D eigenvalue weighted by molar-refractivity contribution is 7.13. The van der Waals surface area contributed by atoms with Gasteiger partial charge >= 0.3 is 5.97 Å². The van der Waals surface area contributed by atoms with Crippen LogP contribution in [-0.4, -0.2) is 28.0 Å². The molecule has 0 saturated heterocycles. The van der Waals surface area contributed by atoms with Crippen LogP contribution < -0.4 is 0 Å². The van der Waals surface area contributed by atoms with E-state index in [2.05, 4.69) is 19.7 Å². The Bertz CT molecular complexity index is 507. The summed E-state index contributed by atoms with van der Waals surface area (Å²) in [5.74, 6) is -0.442. The molecule has 2 rings (SSSR count). The van der Waals surface area contributed by atoms with Crippen LogP contribution in [0.5, 0.6) is 0 Å². The molecule has 0 aliphatic heterocycles. The van der Waals surface area contributed by atoms with Gasteiger partial charge in [-0.2, -0.15) is 0 Å². The summed E-state index contributed by atoms with van der Waals surface area (Å²) in [6, 6.07) is 0. The Hall–Kier alpha value is -1.82. The number of methoxy groups -OCH3 is 1. The lowest BCUT2D eigenvalue weighted by Crippen LogP contribution is -2.01. The number of aromatic nitrogens is 3. The third-order valence-electron chi connectivity index (χ3n) is 1.90. The highest BCUT2D eigenvalue weighted by atomic mass is 32.1. The van der Waals surface area contributed by atoms with Crippen LogP contribution in [-0.2, 0) is 4.74 Å². The number of carbonyl (C=O) groups excluding carboxylic acids is 1. The van der Waals surface area contributed by atoms with Crippen LogP contribution in [0.15, 0.2) is 17.8 Å². The van der Waals surface area contributed by atoms with Gasteiger partial charge in [-0.3, -0.25) is 9.97 Å². The molecule has 0 aliphatic carbocycles. The number of thiazole rings is 1. The summed E-state index contributed by atoms with van der Waals surface area (Å²) in [7, 11) is 1.33. The number of hydrogen-bond acceptors (Lipinski definition) is 6. The standard InChI is InChI=1S/C10H9N3O2S/c1-6-3-12-7(4-11-6)9-13-8(5-16-9)10(14)15-2/h3-5H,1-2H3. The molecule has 2 aromatic rings. The summed E-state index contributed by atoms with van der Waals surface area (Å²) in [6.07, 6.45) is 3.30. The maximum atomic E-state index is 11.2. The minimum atomic E-state index is -0.442. The van der Waals surface area contributed by atoms with Gasteiger partial charge in [-0.25, -0.2) is 9.78 Å². The first-order chi connectivity index (χ1) is 7.70. The first kappa shape index (κ1) is 10.7. The maximum Gasteiger partial charge on any atom is 0.357 e. The fourth-order valence-electron chi connectivity index (χ4n) is 1.09. The highest BCUT2D eigenvalue weighted by Crippen LogP contribution is 2.21. The second-order valence-electron chi connectivity index (χ2n) is 3.07. The van der Waals surface area contributed by atoms with Crippen molar-refractivity contribution in [2.45, 2.75) is 6.92 Å². The molecule has 0 saturated carbocycles. The number of hydrogen-bond donors (Lipinski definition) is 0. The van der Waals surface area contributed by atoms with Gasteiger partial charge in [0.15, 0.2) is 5.69 Å². The van der Waals surface area contributed by atoms with E-state index < -0.39 is 5.97 Å². The predicted octanol–water partition coefficient (Wildman–Crippen LogP) is 1.70. The van der Waals surface area contributed by atoms with Crippen LogP contribution in [0.1, 0.15) is 16.2 Å². The molecular formula is C10H9N3O2S. The minimum Gasteiger partial charge on any atom is -0.464 e. The quantitative estimate of drug-likeness (QED) is 0.741. The minimum absolute atomic E-state index is 0.296. The van der Waals surface area contributed by atoms with Crippen molar-refractivity contribution in [2.75, 3.05) is 7.11 Å². The lowest BCUT2D eigenvalue weighted by molar-refractivity contribution is 0.0595. The van der Waals surface area contributed by atoms with Crippen LogP contribution in [0.4, 0.5) is 0 Å². The Balaban J connectivity index is 2.31. The number of rotatable bonds is 2. The largest absolute Gasteiger partial charge is 0.464 e. The first-order valence-corrected chi connectivity index (χ1v) is 5.41. The van der Waals surface area contributed by atoms with Gasteiger partial charge in [-0.15, -0.1) is 11.3 Å². The third kappa shape index (κ3) is 2.06. The van der Waals surface area contributed by atoms with Crippen molar-refractivity contribution in [1.82, 2.24) is 15.0 Å². The number of nitrogens with zero attached hydrogens (tertiary/aromatic N) is 3. The highest BCUT2D eigenvalue weighted by Gasteiger charge is 2.12. The maximum absolute atomic E-state index is 11.2. The van der Waals surface area contributed by atoms with E-state index in [-0.39, 0.29) is 0 Å². The smallest absolute Gasteiger partial charge is 0.357 e. The van der Waals surface area contributed by atoms with Crippen LogP contribution in [0, 0.1) is 6.92 Å². The van der Waals surface area contributed by atoms with E-state index in [0.29, 0.717) is 16.4 Å². The van der Waals surface area contributed by atoms with Gasteiger partial charge in [0, 0.05) is 11.6 Å². The molecule has 2 heterocycles. The molecular weight excluding hydrogens is 226 g/mol. The van der Waals surface area contributed by atoms with Gasteiger partial charge in [0.05, 0.1) is 19.0 Å². The van der Waals surface area contributed by atoms with Gasteiger partial charge in [0.2, 0.25) is 0 Å². The fourth-order valence-corrected chi connectivity index (χ4v) is 1.84. The summed E-state index contributed by atoms with van der Waals surface area (Å²) < 4.78 is 4.57. The molecule has 0 radical (unpaired) electrons. The normalized spacial score (nSPS) is 10.1. The van der Waals surface area contributed by atoms with Crippen LogP contribution in [0.25, 0.3) is 10.7 Å². The molecule has 0 unspecified atom stereocenters. The summed E-state index contributed by atoms with van der Waals surface area (Å²) in [5.41, 5.74) is 1.80. The van der Waals surface area contributed by atoms with E-state index in [1.807, 2.05) is 6.92 Å². The van der Waals surface area contributed by atoms with Gasteiger partial charge < -0.3 is 4.74 Å². The second kappa shape index (κ2) is 4.36. The molecule has 16 heavy (non-hydrogen) atoms. The summed E-state index contributed by atoms with van der Waals surface area (Å²) in [4.78, 5) is 23.6. The molecule has 82 valence electrons. The van der Waals surface area contributed by atoms with Crippen molar-refractivity contribution in [3.8, 4) is 10.7 Å². The summed E-state index contributed by atoms with van der Waals surface area (Å²) >= 11 is 1.34. The van der Waals surface area contributed by atoms with Crippen LogP contribution >= 0.6 is 11.3 Å². The van der Waals surface area contributed by atoms with Crippen molar-refractivity contribution in [3.05, 3.63) is 29.2 Å². The van der Waals surface area contributed by atoms with Crippen molar-refractivity contribution in [2.24, 2.45) is 0 Å². The molecule has 0 aromatic carbocycles. The van der Waals surface area contributed by atoms with E-state index in [0.717, 1.165) is 5.69 Å². The molecule has 6 heteroatoms. The molecule has 0 atom stereocenters. The molecule has 2 aromatic heterocycles. The Morgan fingerprint density at radius 2 is 2.19 bits per heavy atom. The Morgan fingerprint density at radius 3 is 2.81 bits per heavy atom. The monoisotopic (exact) mass is 235 g/mol. The van der Waals surface area contributed by atoms with E-state index in [9.17, 15) is 4.79 Å². The zero-order valence-corrected chi connectivity index (χ0v) is 9.61. The molecule has 0 bridgehead atoms. The zero-order valence-electron chi connectivity index (χ0n) is 8.80. The number of carbonyl (C=O) groups is 1. The molecule has 0 aliphatic rings. The van der Waals surface area contributed by atoms with Crippen LogP contribution in [0.3, 0.4) is 0 Å². The average molecular weight is 235 g/mol. The number of aryl methyl sites for hydroxylation is 1. The molecule has 0 N–H and O–H groups in total. The Morgan fingerprint density at radius 1 is 1.38 bits per heavy atom. The summed E-state index contributed by atoms with van der Waals surface area (Å²) in [6.45, 7) is 1.86. The first-order valence-electron chi connectivity index (χ1n) is 4.53. The lowest BCUT2D eigenvalue weighted by Gasteiger charge is -1.95. The average Bonchev–Trinajstić information content (AvgIpc) is 2.78. The SMILES string of the molecule is COC(=O)c1csc(-c2cnc(C)cn2)n1. The third-order valence-corrected chi connectivity index (χ3v) is 2.76. The number of esters is 1. The van der Waals surface area contributed by atoms with Gasteiger partial charge in [0.1, 0.15) is 10.7 Å². The molecule has 0 fully saturated rings. The van der Waals surface area contributed by atoms with Gasteiger partial charge in [-0.1, -0.05) is 0 Å². The molecule has 0 spiro atoms. The fraction of sp³-hybridized carbons (Fsp3) is 0.200. The topological polar surface area (TPSA) is 65.0 Å². The Labute approximate surface area is 96.2 Å². The van der Waals surface area contributed by atoms with Crippen molar-refractivity contribution in [3.63, 3.8) is 0 Å². The van der Waals surface area contributed by atoms with Crippen molar-refractivity contribution in [1.29, 1.82) is 0 Å². The molecule has 5 nitrogen and oxygen atoms in total. The van der Waals surface area contributed by atoms with E-state index in [1.165, 1.54) is 18.4 Å². The Kier molecular flexibility index (Phi) is 2.91. The lowest BCUT2D eigenvalue weighted by atomic mass is 10.4. The van der Waals surface area contributed by atoms with Crippen molar-refractivity contribution < 1.29 is 9.53 Å². The molecule has 0 amide bonds. The van der Waals surface area contributed by atoms with Crippen LogP contribution in [0.2, 0.25) is 0 Å². The summed E-state index contributed by atoms with van der Waals surface area (Å²) in [5, 5.41) is 2.30. The van der Waals surface area contributed by atoms with Crippen molar-refractivity contribution >= 4 is 17.3 Å². The second-order valence-corrected chi connectivity index (χ2v) is 3.93.